The van der Waals surface area contributed by atoms with Crippen molar-refractivity contribution in [3.63, 3.8) is 0 Å². The predicted molar refractivity (Wildman–Crippen MR) is 231 cm³/mol. The Hall–Kier alpha value is -1.05. The van der Waals surface area contributed by atoms with E-state index in [1.54, 1.807) is 4.57 Å². The van der Waals surface area contributed by atoms with E-state index in [1.807, 2.05) is 44.0 Å². The van der Waals surface area contributed by atoms with Gasteiger partial charge in [0, 0.05) is 31.5 Å². The molecule has 34 heteroatoms. The zero-order valence-electron chi connectivity index (χ0n) is 35.9. The number of nitrogens with zero attached hydrogens (tertiary/aromatic N) is 4. The van der Waals surface area contributed by atoms with E-state index in [2.05, 4.69) is 19.3 Å². The highest BCUT2D eigenvalue weighted by molar-refractivity contribution is 7.61. The van der Waals surface area contributed by atoms with Gasteiger partial charge in [-0.3, -0.25) is 31.7 Å². The molecule has 350 valence electrons. The lowest BCUT2D eigenvalue weighted by molar-refractivity contribution is -0.0416. The molecule has 2 aromatic heterocycles. The van der Waals surface area contributed by atoms with Crippen LogP contribution in [0, 0.1) is 11.8 Å². The average Bonchev–Trinajstić information content (AvgIpc) is 4.03. The number of nitrogens with two attached hydrogens (primary N) is 1. The molecular formula is C29H54B5N5O20P4. The lowest BCUT2D eigenvalue weighted by atomic mass is 9.16. The van der Waals surface area contributed by atoms with E-state index in [1.165, 1.54) is 19.8 Å². The summed E-state index contributed by atoms with van der Waals surface area (Å²) in [5, 5.41) is 0. The Morgan fingerprint density at radius 1 is 0.762 bits per heavy atom. The highest BCUT2D eigenvalue weighted by atomic mass is 31.3. The lowest BCUT2D eigenvalue weighted by Gasteiger charge is -2.25. The Morgan fingerprint density at radius 2 is 1.32 bits per heavy atom. The molecule has 0 bridgehead atoms. The molecule has 6 heterocycles. The van der Waals surface area contributed by atoms with Crippen molar-refractivity contribution in [2.45, 2.75) is 107 Å². The Kier molecular flexibility index (Phi) is 17.2. The fourth-order valence-electron chi connectivity index (χ4n) is 7.91. The van der Waals surface area contributed by atoms with Crippen molar-refractivity contribution in [1.29, 1.82) is 0 Å². The fourth-order valence-corrected chi connectivity index (χ4v) is 11.9. The van der Waals surface area contributed by atoms with Gasteiger partial charge < -0.3 is 49.0 Å². The van der Waals surface area contributed by atoms with Crippen molar-refractivity contribution in [2.75, 3.05) is 39.3 Å². The van der Waals surface area contributed by atoms with Gasteiger partial charge in [0.15, 0.2) is 11.5 Å². The molecule has 0 radical (unpaired) electrons. The maximum absolute atomic E-state index is 13.3. The van der Waals surface area contributed by atoms with E-state index >= 15 is 0 Å². The van der Waals surface area contributed by atoms with Crippen LogP contribution in [0.1, 0.15) is 46.3 Å². The highest BCUT2D eigenvalue weighted by Crippen LogP contribution is 2.61. The van der Waals surface area contributed by atoms with E-state index in [0.29, 0.717) is 24.8 Å². The van der Waals surface area contributed by atoms with Gasteiger partial charge in [0.05, 0.1) is 86.5 Å². The first-order valence-corrected chi connectivity index (χ1v) is 26.5. The Balaban J connectivity index is 0.999. The van der Waals surface area contributed by atoms with Crippen LogP contribution < -0.4 is 5.73 Å². The van der Waals surface area contributed by atoms with Gasteiger partial charge in [-0.15, -0.1) is 0 Å². The summed E-state index contributed by atoms with van der Waals surface area (Å²) in [7, 11) is -12.8. The monoisotopic (exact) mass is 971 g/mol. The summed E-state index contributed by atoms with van der Waals surface area (Å²) in [5.74, 6) is -0.238. The minimum Gasteiger partial charge on any atom is -0.382 e. The maximum atomic E-state index is 13.3. The molecular weight excluding hydrogens is 916 g/mol. The third-order valence-corrected chi connectivity index (χ3v) is 16.2. The van der Waals surface area contributed by atoms with Gasteiger partial charge in [0.2, 0.25) is 0 Å². The number of imidazole rings is 1. The van der Waals surface area contributed by atoms with Crippen LogP contribution in [0.25, 0.3) is 11.2 Å². The molecule has 2 aromatic rings. The van der Waals surface area contributed by atoms with Crippen molar-refractivity contribution < 1.29 is 93.0 Å². The van der Waals surface area contributed by atoms with E-state index in [9.17, 15) is 37.8 Å². The topological polar surface area (TPSA) is 330 Å². The van der Waals surface area contributed by atoms with E-state index in [0.717, 1.165) is 0 Å². The third kappa shape index (κ3) is 13.4. The summed E-state index contributed by atoms with van der Waals surface area (Å²) in [6.45, 7) is 3.22. The molecule has 6 rings (SSSR count). The molecule has 63 heavy (non-hydrogen) atoms. The van der Waals surface area contributed by atoms with Crippen molar-refractivity contribution in [3.05, 3.63) is 12.7 Å². The van der Waals surface area contributed by atoms with E-state index < -0.39 is 106 Å². The summed E-state index contributed by atoms with van der Waals surface area (Å²) >= 11 is 0. The molecule has 0 amide bonds. The molecule has 4 saturated heterocycles. The number of phosphoric ester groups is 4. The molecule has 0 saturated carbocycles. The summed E-state index contributed by atoms with van der Waals surface area (Å²) in [6, 6.07) is -1.01. The van der Waals surface area contributed by atoms with Gasteiger partial charge >= 0.3 is 31.3 Å². The van der Waals surface area contributed by atoms with E-state index in [4.69, 9.17) is 56.6 Å². The van der Waals surface area contributed by atoms with Gasteiger partial charge in [-0.1, -0.05) is 13.8 Å². The highest BCUT2D eigenvalue weighted by Gasteiger charge is 2.48. The fraction of sp³-hybridized carbons (Fsp3) is 0.828. The molecule has 17 atom stereocenters. The molecule has 0 aliphatic carbocycles. The largest absolute Gasteiger partial charge is 0.481 e. The normalized spacial score (nSPS) is 36.2. The predicted octanol–water partition coefficient (Wildman–Crippen LogP) is -1.42. The number of hydrogen-bond acceptors (Lipinski definition) is 20. The average molecular weight is 971 g/mol. The van der Waals surface area contributed by atoms with Crippen LogP contribution in [-0.4, -0.2) is 170 Å². The second-order valence-electron chi connectivity index (χ2n) is 16.4. The molecule has 4 aliphatic rings. The van der Waals surface area contributed by atoms with Gasteiger partial charge in [-0.2, -0.15) is 4.31 Å². The number of hydrogen-bond donors (Lipinski definition) is 5. The number of ether oxygens (including phenoxy) is 5. The van der Waals surface area contributed by atoms with Crippen molar-refractivity contribution in [3.8, 4) is 0 Å². The second kappa shape index (κ2) is 21.1. The SMILES string of the molecule is BBC1CC(OP(=O)(O)OCC2OC(C)CC2OC)C(COP(=O)(O)OC2CC(B(B)B)OC2COP(=O)(O)OP(=O)(O)OCC2OC(n3cnc4c(N)ncnc43)C(C)C2C)O1. The van der Waals surface area contributed by atoms with Gasteiger partial charge in [0.1, 0.15) is 50.0 Å². The first kappa shape index (κ1) is 51.3. The molecule has 4 aliphatic heterocycles. The van der Waals surface area contributed by atoms with Crippen molar-refractivity contribution in [1.82, 2.24) is 19.5 Å². The van der Waals surface area contributed by atoms with Gasteiger partial charge in [-0.05, 0) is 25.7 Å². The summed E-state index contributed by atoms with van der Waals surface area (Å²) in [5.41, 5.74) is 6.71. The molecule has 17 unspecified atom stereocenters. The van der Waals surface area contributed by atoms with Gasteiger partial charge in [0.25, 0.3) is 0 Å². The Bertz CT molecular complexity index is 2070. The zero-order chi connectivity index (χ0) is 46.1. The number of methoxy groups -OCH3 is 1. The third-order valence-electron chi connectivity index (χ3n) is 11.6. The van der Waals surface area contributed by atoms with Crippen LogP contribution in [0.15, 0.2) is 12.7 Å². The zero-order valence-corrected chi connectivity index (χ0v) is 39.4. The lowest BCUT2D eigenvalue weighted by Crippen LogP contribution is -2.33. The molecule has 0 aromatic carbocycles. The Labute approximate surface area is 367 Å². The minimum absolute atomic E-state index is 0.0218. The maximum Gasteiger partial charge on any atom is 0.481 e. The van der Waals surface area contributed by atoms with Gasteiger partial charge in [-0.25, -0.2) is 33.2 Å². The van der Waals surface area contributed by atoms with Crippen LogP contribution in [0.5, 0.6) is 0 Å². The van der Waals surface area contributed by atoms with Crippen LogP contribution in [0.4, 0.5) is 5.82 Å². The van der Waals surface area contributed by atoms with Crippen molar-refractivity contribution in [2.24, 2.45) is 11.8 Å². The number of fused-ring (bicyclic) bond motifs is 1. The minimum atomic E-state index is -5.35. The summed E-state index contributed by atoms with van der Waals surface area (Å²) in [6.07, 6.45) is -3.61. The van der Waals surface area contributed by atoms with Crippen LogP contribution in [-0.2, 0) is 73.4 Å². The number of nitrogen functional groups attached to an aromatic ring is 1. The number of rotatable bonds is 22. The number of anilines is 1. The second-order valence-corrected chi connectivity index (χ2v) is 22.3. The molecule has 0 spiro atoms. The standard InChI is InChI=1S/C29H54B5N5O20P4/c1-14-5-17(48-4)21(53-14)9-49-60(40,41)57-18-6-24(33-30)54-22(18)10-50-61(42,43)58-19-7-25(34(31)32)55-23(19)11-52-63(46,47)59-62(44,45)51-8-20-15(2)16(3)29(56-20)39-13-38-26-27(35)36-12-37-28(26)39/h12-25,29,33H,5-11,30-32H2,1-4H3,(H,40,41)(H,42,43)(H,44,45)(H,46,47)(H2,35,36,37). The van der Waals surface area contributed by atoms with Crippen LogP contribution >= 0.6 is 31.3 Å². The Morgan fingerprint density at radius 3 is 1.90 bits per heavy atom. The summed E-state index contributed by atoms with van der Waals surface area (Å²) < 4.78 is 119. The molecule has 6 N–H and O–H groups in total. The van der Waals surface area contributed by atoms with Crippen molar-refractivity contribution >= 4 is 85.1 Å². The quantitative estimate of drug-likeness (QED) is 0.0667. The van der Waals surface area contributed by atoms with Crippen LogP contribution in [0.3, 0.4) is 0 Å². The molecule has 25 nitrogen and oxygen atoms in total. The van der Waals surface area contributed by atoms with E-state index in [-0.39, 0.29) is 55.8 Å². The van der Waals surface area contributed by atoms with Crippen LogP contribution in [0.2, 0.25) is 0 Å². The smallest absolute Gasteiger partial charge is 0.382 e. The number of phosphoric acid groups is 4. The first-order chi connectivity index (χ1) is 29.5. The molecule has 4 fully saturated rings. The first-order valence-electron chi connectivity index (χ1n) is 20.5. The number of aromatic nitrogens is 4. The summed E-state index contributed by atoms with van der Waals surface area (Å²) in [4.78, 5) is 54.7.